The largest absolute Gasteiger partial charge is 0.490 e. The second kappa shape index (κ2) is 7.57. The molecule has 0 aromatic heterocycles. The highest BCUT2D eigenvalue weighted by molar-refractivity contribution is 5.92. The van der Waals surface area contributed by atoms with E-state index in [0.29, 0.717) is 40.9 Å². The zero-order valence-corrected chi connectivity index (χ0v) is 13.6. The van der Waals surface area contributed by atoms with Crippen LogP contribution >= 0.6 is 0 Å². The monoisotopic (exact) mass is 343 g/mol. The van der Waals surface area contributed by atoms with Crippen LogP contribution in [0.4, 0.5) is 5.69 Å². The van der Waals surface area contributed by atoms with Crippen molar-refractivity contribution >= 4 is 17.9 Å². The molecule has 1 N–H and O–H groups in total. The molecule has 3 rings (SSSR count). The van der Waals surface area contributed by atoms with Crippen LogP contribution in [0.2, 0.25) is 0 Å². The Morgan fingerprint density at radius 3 is 2.76 bits per heavy atom. The molecule has 1 aliphatic rings. The maximum atomic E-state index is 12.1. The van der Waals surface area contributed by atoms with Crippen molar-refractivity contribution in [1.29, 1.82) is 0 Å². The molecule has 2 aromatic rings. The smallest absolute Gasteiger partial charge is 0.262 e. The molecule has 1 amide bonds. The maximum absolute atomic E-state index is 12.1. The molecule has 0 radical (unpaired) electrons. The van der Waals surface area contributed by atoms with Crippen LogP contribution in [0.3, 0.4) is 0 Å². The molecule has 0 aliphatic carbocycles. The third kappa shape index (κ3) is 4.00. The second-order valence-electron chi connectivity index (χ2n) is 5.16. The van der Waals surface area contributed by atoms with Gasteiger partial charge in [-0.05, 0) is 37.3 Å². The topological polar surface area (TPSA) is 83.1 Å². The molecule has 7 heteroatoms. The van der Waals surface area contributed by atoms with Gasteiger partial charge in [0.15, 0.2) is 29.6 Å². The molecular formula is C18H17NO6. The molecule has 0 atom stereocenters. The number of fused-ring (bicyclic) bond motifs is 1. The molecule has 0 spiro atoms. The third-order valence-electron chi connectivity index (χ3n) is 3.42. The molecule has 130 valence electrons. The Labute approximate surface area is 144 Å². The van der Waals surface area contributed by atoms with E-state index in [0.717, 1.165) is 6.29 Å². The number of ether oxygens (including phenoxy) is 4. The van der Waals surface area contributed by atoms with E-state index in [1.807, 2.05) is 6.92 Å². The van der Waals surface area contributed by atoms with Crippen LogP contribution in [-0.4, -0.2) is 32.2 Å². The molecule has 1 aliphatic heterocycles. The maximum Gasteiger partial charge on any atom is 0.262 e. The van der Waals surface area contributed by atoms with E-state index in [-0.39, 0.29) is 19.3 Å². The number of rotatable bonds is 7. The zero-order chi connectivity index (χ0) is 17.6. The minimum absolute atomic E-state index is 0.173. The van der Waals surface area contributed by atoms with Gasteiger partial charge in [-0.3, -0.25) is 9.59 Å². The minimum Gasteiger partial charge on any atom is -0.490 e. The van der Waals surface area contributed by atoms with Gasteiger partial charge in [0, 0.05) is 17.3 Å². The van der Waals surface area contributed by atoms with Gasteiger partial charge in [-0.2, -0.15) is 0 Å². The molecule has 0 unspecified atom stereocenters. The highest BCUT2D eigenvalue weighted by Crippen LogP contribution is 2.34. The van der Waals surface area contributed by atoms with Crippen LogP contribution in [0, 0.1) is 0 Å². The van der Waals surface area contributed by atoms with Gasteiger partial charge < -0.3 is 24.3 Å². The number of hydrogen-bond acceptors (Lipinski definition) is 6. The summed E-state index contributed by atoms with van der Waals surface area (Å²) in [6.45, 7) is 2.22. The number of aldehydes is 1. The summed E-state index contributed by atoms with van der Waals surface area (Å²) in [6.07, 6.45) is 0.721. The summed E-state index contributed by atoms with van der Waals surface area (Å²) in [6, 6.07) is 9.90. The fourth-order valence-corrected chi connectivity index (χ4v) is 2.30. The van der Waals surface area contributed by atoms with Gasteiger partial charge in [0.05, 0.1) is 6.61 Å². The lowest BCUT2D eigenvalue weighted by molar-refractivity contribution is -0.118. The molecule has 2 aromatic carbocycles. The van der Waals surface area contributed by atoms with Crippen molar-refractivity contribution < 1.29 is 28.5 Å². The predicted molar refractivity (Wildman–Crippen MR) is 89.7 cm³/mol. The van der Waals surface area contributed by atoms with Gasteiger partial charge in [-0.1, -0.05) is 0 Å². The van der Waals surface area contributed by atoms with E-state index < -0.39 is 0 Å². The van der Waals surface area contributed by atoms with E-state index in [1.54, 1.807) is 36.4 Å². The molecule has 0 bridgehead atoms. The van der Waals surface area contributed by atoms with Crippen LogP contribution in [0.1, 0.15) is 17.3 Å². The number of hydrogen-bond donors (Lipinski definition) is 1. The number of carbonyl (C=O) groups excluding carboxylic acids is 2. The molecule has 25 heavy (non-hydrogen) atoms. The lowest BCUT2D eigenvalue weighted by Crippen LogP contribution is -2.20. The first kappa shape index (κ1) is 16.6. The molecule has 0 fully saturated rings. The normalized spacial score (nSPS) is 11.7. The average Bonchev–Trinajstić information content (AvgIpc) is 3.08. The van der Waals surface area contributed by atoms with Gasteiger partial charge in [0.1, 0.15) is 6.29 Å². The Morgan fingerprint density at radius 2 is 1.96 bits per heavy atom. The predicted octanol–water partition coefficient (Wildman–Crippen LogP) is 2.64. The Morgan fingerprint density at radius 1 is 1.12 bits per heavy atom. The van der Waals surface area contributed by atoms with Crippen LogP contribution < -0.4 is 24.3 Å². The summed E-state index contributed by atoms with van der Waals surface area (Å²) < 4.78 is 21.4. The van der Waals surface area contributed by atoms with Gasteiger partial charge in [0.25, 0.3) is 5.91 Å². The number of nitrogens with one attached hydrogen (secondary N) is 1. The molecule has 7 nitrogen and oxygen atoms in total. The van der Waals surface area contributed by atoms with E-state index in [9.17, 15) is 9.59 Å². The summed E-state index contributed by atoms with van der Waals surface area (Å²) in [5.41, 5.74) is 1.06. The number of benzene rings is 2. The highest BCUT2D eigenvalue weighted by atomic mass is 16.7. The van der Waals surface area contributed by atoms with E-state index in [1.165, 1.54) is 0 Å². The molecule has 0 saturated heterocycles. The minimum atomic E-state index is -0.333. The van der Waals surface area contributed by atoms with Gasteiger partial charge in [0.2, 0.25) is 6.79 Å². The van der Waals surface area contributed by atoms with Crippen molar-refractivity contribution in [3.63, 3.8) is 0 Å². The van der Waals surface area contributed by atoms with E-state index in [2.05, 4.69) is 5.32 Å². The first-order valence-corrected chi connectivity index (χ1v) is 7.74. The first-order chi connectivity index (χ1) is 12.2. The fourth-order valence-electron chi connectivity index (χ4n) is 2.30. The van der Waals surface area contributed by atoms with E-state index in [4.69, 9.17) is 18.9 Å². The average molecular weight is 343 g/mol. The number of anilines is 1. The quantitative estimate of drug-likeness (QED) is 0.778. The van der Waals surface area contributed by atoms with Crippen molar-refractivity contribution in [2.75, 3.05) is 25.3 Å². The first-order valence-electron chi connectivity index (χ1n) is 7.74. The number of carbonyl (C=O) groups is 2. The lowest BCUT2D eigenvalue weighted by Gasteiger charge is -2.12. The van der Waals surface area contributed by atoms with Crippen LogP contribution in [0.5, 0.6) is 23.0 Å². The summed E-state index contributed by atoms with van der Waals surface area (Å²) in [4.78, 5) is 22.9. The van der Waals surface area contributed by atoms with Crippen LogP contribution in [0.15, 0.2) is 36.4 Å². The summed E-state index contributed by atoms with van der Waals surface area (Å²) in [5.74, 6) is 1.71. The Balaban J connectivity index is 1.61. The zero-order valence-electron chi connectivity index (χ0n) is 13.6. The third-order valence-corrected chi connectivity index (χ3v) is 3.42. The Hall–Kier alpha value is -3.22. The van der Waals surface area contributed by atoms with Crippen molar-refractivity contribution in [3.05, 3.63) is 42.0 Å². The molecule has 0 saturated carbocycles. The Kier molecular flexibility index (Phi) is 5.03. The number of amides is 1. The lowest BCUT2D eigenvalue weighted by atomic mass is 10.2. The summed E-state index contributed by atoms with van der Waals surface area (Å²) in [5, 5.41) is 2.72. The van der Waals surface area contributed by atoms with Gasteiger partial charge >= 0.3 is 0 Å². The van der Waals surface area contributed by atoms with Crippen molar-refractivity contribution in [1.82, 2.24) is 0 Å². The van der Waals surface area contributed by atoms with Gasteiger partial charge in [-0.25, -0.2) is 0 Å². The summed E-state index contributed by atoms with van der Waals surface area (Å²) >= 11 is 0. The van der Waals surface area contributed by atoms with E-state index >= 15 is 0 Å². The van der Waals surface area contributed by atoms with Gasteiger partial charge in [-0.15, -0.1) is 0 Å². The van der Waals surface area contributed by atoms with Crippen molar-refractivity contribution in [3.8, 4) is 23.0 Å². The molecule has 1 heterocycles. The summed E-state index contributed by atoms with van der Waals surface area (Å²) in [7, 11) is 0. The standard InChI is InChI=1S/C18H17NO6/c1-2-22-16-7-12(9-20)3-5-14(16)23-10-18(21)19-13-4-6-15-17(8-13)25-11-24-15/h3-9H,2,10-11H2,1H3,(H,19,21). The Bertz CT molecular complexity index is 789. The fraction of sp³-hybridized carbons (Fsp3) is 0.222. The second-order valence-corrected chi connectivity index (χ2v) is 5.16. The molecular weight excluding hydrogens is 326 g/mol. The van der Waals surface area contributed by atoms with Crippen molar-refractivity contribution in [2.24, 2.45) is 0 Å². The van der Waals surface area contributed by atoms with Crippen LogP contribution in [0.25, 0.3) is 0 Å². The van der Waals surface area contributed by atoms with Crippen LogP contribution in [-0.2, 0) is 4.79 Å². The highest BCUT2D eigenvalue weighted by Gasteiger charge is 2.15. The SMILES string of the molecule is CCOc1cc(C=O)ccc1OCC(=O)Nc1ccc2c(c1)OCO2. The van der Waals surface area contributed by atoms with Crippen molar-refractivity contribution in [2.45, 2.75) is 6.92 Å².